The molecule has 1 aliphatic carbocycles. The summed E-state index contributed by atoms with van der Waals surface area (Å²) < 4.78 is 9.12. The van der Waals surface area contributed by atoms with Crippen molar-refractivity contribution in [3.63, 3.8) is 0 Å². The molecule has 2 unspecified atom stereocenters. The minimum atomic E-state index is -1.01. The summed E-state index contributed by atoms with van der Waals surface area (Å²) in [5.74, 6) is -2.64. The lowest BCUT2D eigenvalue weighted by Gasteiger charge is -2.33. The van der Waals surface area contributed by atoms with E-state index in [1.165, 1.54) is 14.2 Å². The minimum Gasteiger partial charge on any atom is -0.469 e. The van der Waals surface area contributed by atoms with E-state index < -0.39 is 36.0 Å². The maximum atomic E-state index is 11.4. The fourth-order valence-electron chi connectivity index (χ4n) is 1.99. The van der Waals surface area contributed by atoms with Crippen LogP contribution in [0.4, 0.5) is 0 Å². The van der Waals surface area contributed by atoms with Crippen LogP contribution in [-0.4, -0.2) is 48.6 Å². The third kappa shape index (κ3) is 2.51. The van der Waals surface area contributed by atoms with Gasteiger partial charge in [-0.3, -0.25) is 9.59 Å². The van der Waals surface area contributed by atoms with E-state index in [1.807, 2.05) is 0 Å². The van der Waals surface area contributed by atoms with Gasteiger partial charge in [0.2, 0.25) is 0 Å². The van der Waals surface area contributed by atoms with Gasteiger partial charge in [0, 0.05) is 0 Å². The SMILES string of the molecule is COC(=O)[C@H]1CC(O)C(O)C[C@H]1C(=O)OC. The molecule has 0 aromatic rings. The number of carbonyl (C=O) groups excluding carboxylic acids is 2. The average molecular weight is 232 g/mol. The van der Waals surface area contributed by atoms with E-state index in [1.54, 1.807) is 0 Å². The number of esters is 2. The molecular formula is C10H16O6. The van der Waals surface area contributed by atoms with Crippen LogP contribution in [0.25, 0.3) is 0 Å². The summed E-state index contributed by atoms with van der Waals surface area (Å²) in [7, 11) is 2.43. The van der Waals surface area contributed by atoms with E-state index in [-0.39, 0.29) is 12.8 Å². The number of hydrogen-bond donors (Lipinski definition) is 2. The first kappa shape index (κ1) is 12.9. The van der Waals surface area contributed by atoms with Crippen molar-refractivity contribution < 1.29 is 29.3 Å². The second-order valence-electron chi connectivity index (χ2n) is 3.87. The maximum absolute atomic E-state index is 11.4. The zero-order valence-electron chi connectivity index (χ0n) is 9.25. The lowest BCUT2D eigenvalue weighted by Crippen LogP contribution is -2.45. The summed E-state index contributed by atoms with van der Waals surface area (Å²) in [6.45, 7) is 0. The second-order valence-corrected chi connectivity index (χ2v) is 3.87. The van der Waals surface area contributed by atoms with E-state index in [4.69, 9.17) is 0 Å². The fourth-order valence-corrected chi connectivity index (χ4v) is 1.99. The van der Waals surface area contributed by atoms with Crippen LogP contribution < -0.4 is 0 Å². The van der Waals surface area contributed by atoms with Gasteiger partial charge < -0.3 is 19.7 Å². The molecule has 92 valence electrons. The fraction of sp³-hybridized carbons (Fsp3) is 0.800. The van der Waals surface area contributed by atoms with Gasteiger partial charge in [0.1, 0.15) is 0 Å². The maximum Gasteiger partial charge on any atom is 0.309 e. The highest BCUT2D eigenvalue weighted by Crippen LogP contribution is 2.32. The highest BCUT2D eigenvalue weighted by atomic mass is 16.5. The molecule has 6 heteroatoms. The van der Waals surface area contributed by atoms with Crippen molar-refractivity contribution in [3.05, 3.63) is 0 Å². The van der Waals surface area contributed by atoms with Crippen molar-refractivity contribution in [2.75, 3.05) is 14.2 Å². The summed E-state index contributed by atoms with van der Waals surface area (Å²) in [6, 6.07) is 0. The van der Waals surface area contributed by atoms with Crippen LogP contribution in [0.5, 0.6) is 0 Å². The number of hydrogen-bond acceptors (Lipinski definition) is 6. The Labute approximate surface area is 93.2 Å². The van der Waals surface area contributed by atoms with Crippen LogP contribution >= 0.6 is 0 Å². The lowest BCUT2D eigenvalue weighted by molar-refractivity contribution is -0.166. The number of methoxy groups -OCH3 is 2. The van der Waals surface area contributed by atoms with E-state index in [2.05, 4.69) is 9.47 Å². The van der Waals surface area contributed by atoms with Gasteiger partial charge >= 0.3 is 11.9 Å². The number of carbonyl (C=O) groups is 2. The van der Waals surface area contributed by atoms with E-state index >= 15 is 0 Å². The highest BCUT2D eigenvalue weighted by molar-refractivity contribution is 5.82. The first-order chi connectivity index (χ1) is 7.51. The molecular weight excluding hydrogens is 216 g/mol. The van der Waals surface area contributed by atoms with E-state index in [0.717, 1.165) is 0 Å². The number of rotatable bonds is 2. The lowest BCUT2D eigenvalue weighted by atomic mass is 9.76. The molecule has 1 saturated carbocycles. The topological polar surface area (TPSA) is 93.1 Å². The molecule has 4 atom stereocenters. The van der Waals surface area contributed by atoms with Gasteiger partial charge in [-0.15, -0.1) is 0 Å². The molecule has 1 aliphatic rings. The number of aliphatic hydroxyl groups is 2. The smallest absolute Gasteiger partial charge is 0.309 e. The molecule has 6 nitrogen and oxygen atoms in total. The molecule has 0 saturated heterocycles. The molecule has 1 fully saturated rings. The van der Waals surface area contributed by atoms with Crippen molar-refractivity contribution in [1.29, 1.82) is 0 Å². The van der Waals surface area contributed by atoms with Crippen LogP contribution in [0.1, 0.15) is 12.8 Å². The molecule has 0 aliphatic heterocycles. The van der Waals surface area contributed by atoms with Gasteiger partial charge in [-0.1, -0.05) is 0 Å². The first-order valence-corrected chi connectivity index (χ1v) is 5.03. The van der Waals surface area contributed by atoms with Crippen LogP contribution in [0, 0.1) is 11.8 Å². The molecule has 1 rings (SSSR count). The quantitative estimate of drug-likeness (QED) is 0.598. The van der Waals surface area contributed by atoms with Gasteiger partial charge in [-0.25, -0.2) is 0 Å². The second kappa shape index (κ2) is 5.27. The van der Waals surface area contributed by atoms with Crippen LogP contribution in [-0.2, 0) is 19.1 Å². The molecule has 0 aromatic carbocycles. The van der Waals surface area contributed by atoms with E-state index in [0.29, 0.717) is 0 Å². The zero-order valence-corrected chi connectivity index (χ0v) is 9.25. The molecule has 0 radical (unpaired) electrons. The standard InChI is InChI=1S/C10H16O6/c1-15-9(13)5-3-7(11)8(12)4-6(5)10(14)16-2/h5-8,11-12H,3-4H2,1-2H3/t5-,6+,7?,8?. The Hall–Kier alpha value is -1.14. The average Bonchev–Trinajstić information content (AvgIpc) is 2.30. The molecule has 0 spiro atoms. The van der Waals surface area contributed by atoms with Crippen molar-refractivity contribution in [2.24, 2.45) is 11.8 Å². The largest absolute Gasteiger partial charge is 0.469 e. The first-order valence-electron chi connectivity index (χ1n) is 5.03. The molecule has 2 N–H and O–H groups in total. The van der Waals surface area contributed by atoms with Gasteiger partial charge in [0.05, 0.1) is 38.3 Å². The van der Waals surface area contributed by atoms with E-state index in [9.17, 15) is 19.8 Å². The molecule has 0 aromatic heterocycles. The summed E-state index contributed by atoms with van der Waals surface area (Å²) in [4.78, 5) is 22.9. The Morgan fingerprint density at radius 3 is 1.50 bits per heavy atom. The highest BCUT2D eigenvalue weighted by Gasteiger charge is 2.44. The van der Waals surface area contributed by atoms with Crippen LogP contribution in [0.2, 0.25) is 0 Å². The predicted molar refractivity (Wildman–Crippen MR) is 52.3 cm³/mol. The molecule has 16 heavy (non-hydrogen) atoms. The third-order valence-electron chi connectivity index (χ3n) is 2.93. The Balaban J connectivity index is 2.83. The Morgan fingerprint density at radius 2 is 1.25 bits per heavy atom. The van der Waals surface area contributed by atoms with Gasteiger partial charge in [0.15, 0.2) is 0 Å². The van der Waals surface area contributed by atoms with Crippen molar-refractivity contribution >= 4 is 11.9 Å². The number of ether oxygens (including phenoxy) is 2. The van der Waals surface area contributed by atoms with Crippen molar-refractivity contribution in [3.8, 4) is 0 Å². The summed E-state index contributed by atoms with van der Waals surface area (Å²) >= 11 is 0. The Kier molecular flexibility index (Phi) is 4.26. The summed E-state index contributed by atoms with van der Waals surface area (Å²) in [5, 5.41) is 18.9. The monoisotopic (exact) mass is 232 g/mol. The molecule has 0 amide bonds. The predicted octanol–water partition coefficient (Wildman–Crippen LogP) is -0.920. The van der Waals surface area contributed by atoms with Gasteiger partial charge in [-0.2, -0.15) is 0 Å². The van der Waals surface area contributed by atoms with Crippen molar-refractivity contribution in [1.82, 2.24) is 0 Å². The Morgan fingerprint density at radius 1 is 0.938 bits per heavy atom. The number of aliphatic hydroxyl groups excluding tert-OH is 2. The Bertz CT molecular complexity index is 248. The molecule has 0 heterocycles. The summed E-state index contributed by atoms with van der Waals surface area (Å²) in [5.41, 5.74) is 0. The third-order valence-corrected chi connectivity index (χ3v) is 2.93. The van der Waals surface area contributed by atoms with Crippen molar-refractivity contribution in [2.45, 2.75) is 25.0 Å². The van der Waals surface area contributed by atoms with Crippen LogP contribution in [0.3, 0.4) is 0 Å². The zero-order chi connectivity index (χ0) is 12.3. The normalized spacial score (nSPS) is 34.2. The van der Waals surface area contributed by atoms with Gasteiger partial charge in [-0.05, 0) is 12.8 Å². The summed E-state index contributed by atoms with van der Waals surface area (Å²) in [6.07, 6.45) is -2.00. The minimum absolute atomic E-state index is 0.00755. The van der Waals surface area contributed by atoms with Crippen LogP contribution in [0.15, 0.2) is 0 Å². The molecule has 0 bridgehead atoms. The van der Waals surface area contributed by atoms with Gasteiger partial charge in [0.25, 0.3) is 0 Å².